The smallest absolute Gasteiger partial charge is 0.142 e. The van der Waals surface area contributed by atoms with Gasteiger partial charge in [-0.15, -0.1) is 0 Å². The van der Waals surface area contributed by atoms with Crippen LogP contribution in [0.15, 0.2) is 24.3 Å². The number of benzene rings is 2. The van der Waals surface area contributed by atoms with Gasteiger partial charge >= 0.3 is 0 Å². The molecule has 3 aliphatic carbocycles. The molecule has 7 rings (SSSR count). The number of aryl methyl sites for hydroxylation is 2. The van der Waals surface area contributed by atoms with Crippen molar-refractivity contribution in [2.45, 2.75) is 140 Å². The summed E-state index contributed by atoms with van der Waals surface area (Å²) in [5.41, 5.74) is 8.10. The lowest BCUT2D eigenvalue weighted by atomic mass is 9.64. The number of hydrogen-bond acceptors (Lipinski definition) is 6. The normalized spacial score (nSPS) is 30.1. The molecule has 0 radical (unpaired) electrons. The average molecular weight is 575 g/mol. The van der Waals surface area contributed by atoms with Gasteiger partial charge < -0.3 is 19.7 Å². The van der Waals surface area contributed by atoms with Crippen molar-refractivity contribution in [3.8, 4) is 11.5 Å². The summed E-state index contributed by atoms with van der Waals surface area (Å²) in [6.45, 7) is 7.64. The molecule has 3 fully saturated rings. The Morgan fingerprint density at radius 2 is 1.05 bits per heavy atom. The van der Waals surface area contributed by atoms with Crippen LogP contribution in [0.5, 0.6) is 11.5 Å². The van der Waals surface area contributed by atoms with Crippen LogP contribution in [0.3, 0.4) is 0 Å². The van der Waals surface area contributed by atoms with Crippen LogP contribution < -0.4 is 9.47 Å². The molecule has 5 aliphatic rings. The summed E-state index contributed by atoms with van der Waals surface area (Å²) in [6.07, 6.45) is 13.7. The number of hydrogen-bond donors (Lipinski definition) is 2. The van der Waals surface area contributed by atoms with E-state index in [-0.39, 0.29) is 17.6 Å². The van der Waals surface area contributed by atoms with E-state index in [4.69, 9.17) is 9.47 Å². The van der Waals surface area contributed by atoms with Crippen LogP contribution in [-0.4, -0.2) is 57.8 Å². The topological polar surface area (TPSA) is 65.4 Å². The molecule has 0 amide bonds. The number of rotatable bonds is 4. The first-order chi connectivity index (χ1) is 20.4. The van der Waals surface area contributed by atoms with Crippen molar-refractivity contribution in [3.63, 3.8) is 0 Å². The summed E-state index contributed by atoms with van der Waals surface area (Å²) in [5.74, 6) is 2.17. The van der Waals surface area contributed by atoms with E-state index < -0.39 is 0 Å². The molecule has 2 heterocycles. The summed E-state index contributed by atoms with van der Waals surface area (Å²) in [5, 5.41) is 20.1. The summed E-state index contributed by atoms with van der Waals surface area (Å²) >= 11 is 0. The summed E-state index contributed by atoms with van der Waals surface area (Å²) in [7, 11) is 0. The van der Waals surface area contributed by atoms with Crippen LogP contribution in [0.2, 0.25) is 0 Å². The predicted molar refractivity (Wildman–Crippen MR) is 165 cm³/mol. The zero-order valence-electron chi connectivity index (χ0n) is 25.7. The Morgan fingerprint density at radius 1 is 0.619 bits per heavy atom. The van der Waals surface area contributed by atoms with Crippen LogP contribution >= 0.6 is 0 Å². The molecule has 0 aromatic heterocycles. The van der Waals surface area contributed by atoms with Crippen LogP contribution in [0.25, 0.3) is 0 Å². The van der Waals surface area contributed by atoms with Crippen molar-refractivity contribution in [1.82, 2.24) is 9.80 Å². The van der Waals surface area contributed by atoms with E-state index >= 15 is 0 Å². The van der Waals surface area contributed by atoms with E-state index in [9.17, 15) is 10.2 Å². The summed E-state index contributed by atoms with van der Waals surface area (Å²) in [4.78, 5) is 5.01. The minimum absolute atomic E-state index is 0.00623. The first-order valence-electron chi connectivity index (χ1n) is 16.8. The largest absolute Gasteiger partial charge is 0.478 e. The molecule has 0 bridgehead atoms. The molecule has 2 aromatic rings. The van der Waals surface area contributed by atoms with Crippen molar-refractivity contribution >= 4 is 0 Å². The molecule has 2 N–H and O–H groups in total. The van der Waals surface area contributed by atoms with E-state index in [0.29, 0.717) is 25.5 Å². The SMILES string of the molecule is Cc1cc(C2(c3cc(C)c4c(c3)CN(C3CCC(O)CC3)CO4)CCCCC2)cc2c1OCN(C1CCC(O)CC1)C2. The molecule has 0 saturated heterocycles. The lowest BCUT2D eigenvalue weighted by molar-refractivity contribution is 0.0155. The first kappa shape index (κ1) is 28.6. The van der Waals surface area contributed by atoms with E-state index in [1.54, 1.807) is 0 Å². The molecule has 0 unspecified atom stereocenters. The van der Waals surface area contributed by atoms with E-state index in [1.807, 2.05) is 0 Å². The van der Waals surface area contributed by atoms with Gasteiger partial charge in [-0.25, -0.2) is 0 Å². The van der Waals surface area contributed by atoms with Gasteiger partial charge in [0.05, 0.1) is 12.2 Å². The monoisotopic (exact) mass is 574 g/mol. The summed E-state index contributed by atoms with van der Waals surface area (Å²) < 4.78 is 12.8. The fourth-order valence-corrected chi connectivity index (χ4v) is 8.93. The lowest BCUT2D eigenvalue weighted by Crippen LogP contribution is -2.43. The van der Waals surface area contributed by atoms with Gasteiger partial charge in [0, 0.05) is 41.7 Å². The average Bonchev–Trinajstić information content (AvgIpc) is 3.01. The van der Waals surface area contributed by atoms with Crippen LogP contribution in [-0.2, 0) is 18.5 Å². The van der Waals surface area contributed by atoms with Gasteiger partial charge in [-0.05, 0) is 112 Å². The second-order valence-corrected chi connectivity index (χ2v) is 14.2. The highest BCUT2D eigenvalue weighted by molar-refractivity contribution is 5.54. The Kier molecular flexibility index (Phi) is 8.02. The Hall–Kier alpha value is -2.12. The zero-order valence-corrected chi connectivity index (χ0v) is 25.7. The lowest BCUT2D eigenvalue weighted by Gasteiger charge is -2.43. The molecule has 42 heavy (non-hydrogen) atoms. The molecule has 2 aromatic carbocycles. The fraction of sp³-hybridized carbons (Fsp3) is 0.667. The Morgan fingerprint density at radius 3 is 1.48 bits per heavy atom. The van der Waals surface area contributed by atoms with Crippen molar-refractivity contribution in [3.05, 3.63) is 57.6 Å². The third-order valence-electron chi connectivity index (χ3n) is 11.4. The minimum Gasteiger partial charge on any atom is -0.478 e. The molecule has 0 spiro atoms. The maximum atomic E-state index is 10.1. The standard InChI is InChI=1S/C36H50N2O4/c1-24-16-28(18-26-20-37(22-41-34(24)26)30-6-10-32(39)11-7-30)36(14-4-3-5-15-36)29-17-25(2)35-27(19-29)21-38(23-42-35)31-8-12-33(40)13-9-31/h16-19,30-33,39-40H,3-15,20-23H2,1-2H3. The second-order valence-electron chi connectivity index (χ2n) is 14.2. The number of ether oxygens (including phenoxy) is 2. The molecule has 3 saturated carbocycles. The van der Waals surface area contributed by atoms with Gasteiger partial charge in [0.2, 0.25) is 0 Å². The molecular weight excluding hydrogens is 524 g/mol. The van der Waals surface area contributed by atoms with Crippen LogP contribution in [0.1, 0.15) is 117 Å². The Labute approximate surface area is 252 Å². The van der Waals surface area contributed by atoms with Crippen LogP contribution in [0, 0.1) is 13.8 Å². The first-order valence-corrected chi connectivity index (χ1v) is 16.8. The highest BCUT2D eigenvalue weighted by Crippen LogP contribution is 2.49. The van der Waals surface area contributed by atoms with E-state index in [2.05, 4.69) is 47.9 Å². The molecular formula is C36H50N2O4. The third kappa shape index (κ3) is 5.38. The van der Waals surface area contributed by atoms with Crippen LogP contribution in [0.4, 0.5) is 0 Å². The van der Waals surface area contributed by atoms with Gasteiger partial charge in [0.25, 0.3) is 0 Å². The maximum absolute atomic E-state index is 10.1. The molecule has 6 nitrogen and oxygen atoms in total. The van der Waals surface area contributed by atoms with Crippen molar-refractivity contribution in [2.24, 2.45) is 0 Å². The van der Waals surface area contributed by atoms with Crippen molar-refractivity contribution < 1.29 is 19.7 Å². The van der Waals surface area contributed by atoms with Gasteiger partial charge in [-0.3, -0.25) is 9.80 Å². The number of aliphatic hydroxyl groups excluding tert-OH is 2. The highest BCUT2D eigenvalue weighted by atomic mass is 16.5. The maximum Gasteiger partial charge on any atom is 0.142 e. The van der Waals surface area contributed by atoms with E-state index in [1.165, 1.54) is 65.5 Å². The molecule has 2 aliphatic heterocycles. The van der Waals surface area contributed by atoms with Crippen molar-refractivity contribution in [2.75, 3.05) is 13.5 Å². The number of nitrogens with zero attached hydrogens (tertiary/aromatic N) is 2. The fourth-order valence-electron chi connectivity index (χ4n) is 8.93. The predicted octanol–water partition coefficient (Wildman–Crippen LogP) is 6.46. The van der Waals surface area contributed by atoms with E-state index in [0.717, 1.165) is 76.0 Å². The third-order valence-corrected chi connectivity index (χ3v) is 11.4. The zero-order chi connectivity index (χ0) is 28.8. The van der Waals surface area contributed by atoms with Gasteiger partial charge in [-0.1, -0.05) is 31.4 Å². The van der Waals surface area contributed by atoms with Gasteiger partial charge in [0.1, 0.15) is 25.0 Å². The molecule has 6 heteroatoms. The van der Waals surface area contributed by atoms with Gasteiger partial charge in [0.15, 0.2) is 0 Å². The Balaban J connectivity index is 1.21. The Bertz CT molecular complexity index is 1180. The summed E-state index contributed by atoms with van der Waals surface area (Å²) in [6, 6.07) is 10.8. The second kappa shape index (κ2) is 11.8. The number of aliphatic hydroxyl groups is 2. The highest BCUT2D eigenvalue weighted by Gasteiger charge is 2.39. The van der Waals surface area contributed by atoms with Crippen molar-refractivity contribution in [1.29, 1.82) is 0 Å². The molecule has 0 atom stereocenters. The quantitative estimate of drug-likeness (QED) is 0.437. The van der Waals surface area contributed by atoms with Gasteiger partial charge in [-0.2, -0.15) is 0 Å². The number of fused-ring (bicyclic) bond motifs is 2. The minimum atomic E-state index is -0.132. The molecule has 228 valence electrons.